The molecule has 6 amide bonds. The average molecular weight is 1310 g/mol. The number of aliphatic carboxylic acids is 1. The normalized spacial score (nSPS) is 26.1. The Labute approximate surface area is 544 Å². The van der Waals surface area contributed by atoms with Crippen molar-refractivity contribution in [3.05, 3.63) is 52.1 Å². The Balaban J connectivity index is 1.10. The van der Waals surface area contributed by atoms with Gasteiger partial charge in [0.15, 0.2) is 0 Å². The van der Waals surface area contributed by atoms with Crippen LogP contribution in [0.5, 0.6) is 0 Å². The number of aliphatic hydroxyl groups is 1. The van der Waals surface area contributed by atoms with Crippen molar-refractivity contribution in [1.82, 2.24) is 26.2 Å². The average Bonchev–Trinajstić information content (AvgIpc) is 1.58. The Bertz CT molecular complexity index is 2840. The number of ether oxygens (including phenoxy) is 4. The molecule has 1 aliphatic carbocycles. The zero-order valence-electron chi connectivity index (χ0n) is 54.6. The summed E-state index contributed by atoms with van der Waals surface area (Å²) in [6, 6.07) is 2.58. The van der Waals surface area contributed by atoms with Crippen LogP contribution in [0.15, 0.2) is 35.9 Å². The number of allylic oxidation sites excluding steroid dienone is 3. The quantitative estimate of drug-likeness (QED) is 0.0246. The van der Waals surface area contributed by atoms with Crippen LogP contribution in [0, 0.1) is 36.5 Å². The van der Waals surface area contributed by atoms with E-state index in [4.69, 9.17) is 30.5 Å². The molecule has 1 aromatic rings. The molecule has 4 aliphatic rings. The van der Waals surface area contributed by atoms with Crippen LogP contribution in [0.2, 0.25) is 5.02 Å². The summed E-state index contributed by atoms with van der Waals surface area (Å²) in [4.78, 5) is 145. The van der Waals surface area contributed by atoms with Gasteiger partial charge in [0.1, 0.15) is 46.9 Å². The van der Waals surface area contributed by atoms with E-state index in [0.29, 0.717) is 87.9 Å². The fourth-order valence-electron chi connectivity index (χ4n) is 11.9. The van der Waals surface area contributed by atoms with Crippen molar-refractivity contribution in [2.24, 2.45) is 29.6 Å². The molecule has 3 fully saturated rings. The smallest absolute Gasteiger partial charge is 0.409 e. The van der Waals surface area contributed by atoms with Crippen molar-refractivity contribution in [3.8, 4) is 0 Å². The molecule has 91 heavy (non-hydrogen) atoms. The van der Waals surface area contributed by atoms with Crippen LogP contribution in [-0.4, -0.2) is 174 Å². The number of esters is 1. The number of nitrogens with zero attached hydrogens (tertiary/aromatic N) is 2. The van der Waals surface area contributed by atoms with E-state index in [9.17, 15) is 63.0 Å². The van der Waals surface area contributed by atoms with Gasteiger partial charge in [-0.25, -0.2) is 9.59 Å². The maximum absolute atomic E-state index is 14.4. The summed E-state index contributed by atoms with van der Waals surface area (Å²) in [7, 11) is 2.99. The minimum atomic E-state index is -1.68. The van der Waals surface area contributed by atoms with E-state index in [0.717, 1.165) is 28.5 Å². The Morgan fingerprint density at radius 3 is 2.34 bits per heavy atom. The number of carbonyl (C=O) groups is 11. The molecule has 25 heteroatoms. The van der Waals surface area contributed by atoms with Gasteiger partial charge in [-0.2, -0.15) is 0 Å². The minimum Gasteiger partial charge on any atom is -0.481 e. The predicted octanol–water partition coefficient (Wildman–Crippen LogP) is 7.06. The standard InChI is InChI=1S/C66H97ClN6O17S/c1-11-55(77)68-26-28-87-27-24-49(75)33-48(61(82)69-37-42(5)74)18-13-12-14-19-51(76)47-22-20-45(21-23-47)38-70-62(83)53(34-58(80)81)91-29-25-56(78)72(9)44(7)63(84)89-54-35-57(79)73(10)50-32-46(31-40(3)59(50)67)30-39(2)16-15-17-41(4)66(86)36-52(88-64(85)71-66)43(6)60-65(54,8)90-60/h15-17,31-32,41,43-45,47-48,52-54,60,86H,11-14,18-30,33-38H2,1-10H3,(H,68,77)(H,69,82)(H,70,83)(H,71,85)(H,80,81)/b17-15+,39-16+/t41-,43+,44-,45?,47?,48?,52?,53?,54-,60-,65-,66-/m0/s1. The predicted molar refractivity (Wildman–Crippen MR) is 343 cm³/mol. The molecule has 0 radical (unpaired) electrons. The Morgan fingerprint density at radius 1 is 0.945 bits per heavy atom. The fourth-order valence-corrected chi connectivity index (χ4v) is 13.2. The van der Waals surface area contributed by atoms with Crippen molar-refractivity contribution in [2.75, 3.05) is 57.6 Å². The van der Waals surface area contributed by atoms with Crippen molar-refractivity contribution < 1.29 is 81.9 Å². The zero-order valence-corrected chi connectivity index (χ0v) is 56.2. The van der Waals surface area contributed by atoms with Crippen LogP contribution in [0.1, 0.15) is 162 Å². The number of carboxylic acids is 1. The number of fused-ring (bicyclic) bond motifs is 5. The van der Waals surface area contributed by atoms with Crippen molar-refractivity contribution >= 4 is 94.0 Å². The SMILES string of the molecule is CCC(=O)NCCOCCC(=O)CC(CCCCCC(=O)C1CCC(CNC(=O)C(CC(=O)O)SCCC(=O)N(C)[C@@H](C)C(=O)O[C@H]2CC(=O)N(C)c3cc(cc(C)c3Cl)C/C(C)=C/C=C/[C@H](C)[C@@]3(O)CC(OC(=O)N3)[C@@H](C)[C@@H]3O[C@@]23C)CC1)C(=O)NCC(C)=O. The van der Waals surface area contributed by atoms with Gasteiger partial charge in [0.05, 0.1) is 54.7 Å². The second-order valence-electron chi connectivity index (χ2n) is 25.3. The number of epoxide rings is 1. The summed E-state index contributed by atoms with van der Waals surface area (Å²) in [6.45, 7) is 14.5. The van der Waals surface area contributed by atoms with Crippen molar-refractivity contribution in [3.63, 3.8) is 0 Å². The van der Waals surface area contributed by atoms with Gasteiger partial charge >= 0.3 is 18.0 Å². The number of nitrogens with one attached hydrogen (secondary N) is 4. The number of unbranched alkanes of at least 4 members (excludes halogenated alkanes) is 2. The molecule has 10 atom stereocenters. The number of halogens is 1. The maximum atomic E-state index is 14.4. The molecule has 1 aromatic carbocycles. The van der Waals surface area contributed by atoms with Crippen molar-refractivity contribution in [2.45, 2.75) is 205 Å². The fraction of sp³-hybridized carbons (Fsp3) is 0.682. The molecule has 4 bridgehead atoms. The van der Waals surface area contributed by atoms with Gasteiger partial charge in [0, 0.05) is 95.1 Å². The molecule has 3 unspecified atom stereocenters. The highest BCUT2D eigenvalue weighted by Crippen LogP contribution is 2.49. The third-order valence-electron chi connectivity index (χ3n) is 18.1. The largest absolute Gasteiger partial charge is 0.481 e. The van der Waals surface area contributed by atoms with Gasteiger partial charge < -0.3 is 54.9 Å². The van der Waals surface area contributed by atoms with Crippen LogP contribution in [0.3, 0.4) is 0 Å². The van der Waals surface area contributed by atoms with Gasteiger partial charge in [-0.3, -0.25) is 48.5 Å². The molecule has 23 nitrogen and oxygen atoms in total. The first-order chi connectivity index (χ1) is 43.0. The molecule has 3 aliphatic heterocycles. The van der Waals surface area contributed by atoms with E-state index in [1.54, 1.807) is 40.8 Å². The molecule has 506 valence electrons. The number of benzene rings is 1. The lowest BCUT2D eigenvalue weighted by Gasteiger charge is -2.41. The summed E-state index contributed by atoms with van der Waals surface area (Å²) in [5.41, 5.74) is 0.0537. The number of carboxylic acid groups (broad SMARTS) is 1. The Hall–Kier alpha value is -6.21. The molecular weight excluding hydrogens is 1220 g/mol. The number of thioether (sulfide) groups is 1. The minimum absolute atomic E-state index is 0.00172. The van der Waals surface area contributed by atoms with Gasteiger partial charge in [0.25, 0.3) is 0 Å². The highest BCUT2D eigenvalue weighted by molar-refractivity contribution is 8.00. The monoisotopic (exact) mass is 1310 g/mol. The zero-order chi connectivity index (χ0) is 67.3. The van der Waals surface area contributed by atoms with Crippen LogP contribution in [-0.2, 0) is 73.3 Å². The number of hydrogen-bond donors (Lipinski definition) is 6. The summed E-state index contributed by atoms with van der Waals surface area (Å²) in [5.74, 6) is -5.95. The van der Waals surface area contributed by atoms with Crippen LogP contribution in [0.4, 0.5) is 10.5 Å². The molecule has 3 heterocycles. The number of hydrogen-bond acceptors (Lipinski definition) is 17. The number of aryl methyl sites for hydroxylation is 1. The number of anilines is 1. The molecule has 0 spiro atoms. The lowest BCUT2D eigenvalue weighted by molar-refractivity contribution is -0.162. The Kier molecular flexibility index (Phi) is 29.6. The first-order valence-electron chi connectivity index (χ1n) is 32.0. The first kappa shape index (κ1) is 75.5. The van der Waals surface area contributed by atoms with Crippen LogP contribution < -0.4 is 26.2 Å². The molecule has 2 saturated heterocycles. The summed E-state index contributed by atoms with van der Waals surface area (Å²) in [5, 5.41) is 31.7. The van der Waals surface area contributed by atoms with Crippen LogP contribution in [0.25, 0.3) is 0 Å². The summed E-state index contributed by atoms with van der Waals surface area (Å²) < 4.78 is 23.7. The van der Waals surface area contributed by atoms with E-state index >= 15 is 0 Å². The molecular formula is C66H97ClN6O17S. The Morgan fingerprint density at radius 2 is 1.66 bits per heavy atom. The summed E-state index contributed by atoms with van der Waals surface area (Å²) in [6.07, 6.45) is 7.15. The van der Waals surface area contributed by atoms with Crippen molar-refractivity contribution in [1.29, 1.82) is 0 Å². The van der Waals surface area contributed by atoms with E-state index in [-0.39, 0.29) is 105 Å². The van der Waals surface area contributed by atoms with Gasteiger partial charge in [-0.15, -0.1) is 11.8 Å². The number of carbonyl (C=O) groups excluding carboxylic acids is 10. The van der Waals surface area contributed by atoms with E-state index in [1.165, 1.54) is 30.7 Å². The highest BCUT2D eigenvalue weighted by atomic mass is 35.5. The topological polar surface area (TPSA) is 323 Å². The number of alkyl carbamates (subject to hydrolysis) is 1. The first-order valence-corrected chi connectivity index (χ1v) is 33.4. The van der Waals surface area contributed by atoms with E-state index in [2.05, 4.69) is 21.3 Å². The third-order valence-corrected chi connectivity index (χ3v) is 19.8. The number of ketones is 3. The number of Topliss-reactive ketones (excluding diaryl/α,β-unsaturated/α-hetero) is 3. The number of rotatable bonds is 31. The van der Waals surface area contributed by atoms with Gasteiger partial charge in [-0.1, -0.05) is 75.1 Å². The van der Waals surface area contributed by atoms with Gasteiger partial charge in [0.2, 0.25) is 29.5 Å². The van der Waals surface area contributed by atoms with Crippen LogP contribution >= 0.6 is 23.4 Å². The lowest BCUT2D eigenvalue weighted by atomic mass is 9.79. The number of likely N-dealkylation sites (N-methyl/N-ethyl adjacent to an activating group) is 1. The van der Waals surface area contributed by atoms with Gasteiger partial charge in [-0.05, 0) is 103 Å². The molecule has 0 aromatic heterocycles. The second kappa shape index (κ2) is 35.7. The summed E-state index contributed by atoms with van der Waals surface area (Å²) >= 11 is 7.85. The maximum Gasteiger partial charge on any atom is 0.409 e. The molecule has 5 rings (SSSR count). The highest BCUT2D eigenvalue weighted by Gasteiger charge is 2.64. The molecule has 1 saturated carbocycles. The number of amides is 6. The second-order valence-corrected chi connectivity index (χ2v) is 27.0. The third kappa shape index (κ3) is 23.1. The van der Waals surface area contributed by atoms with E-state index in [1.807, 2.05) is 38.1 Å². The van der Waals surface area contributed by atoms with E-state index < -0.39 is 101 Å². The lowest BCUT2D eigenvalue weighted by Crippen LogP contribution is -2.60. The molecule has 6 N–H and O–H groups in total.